The van der Waals surface area contributed by atoms with Gasteiger partial charge < -0.3 is 4.40 Å². The van der Waals surface area contributed by atoms with Gasteiger partial charge >= 0.3 is 6.18 Å². The van der Waals surface area contributed by atoms with Crippen LogP contribution >= 0.6 is 0 Å². The average molecular weight is 290 g/mol. The van der Waals surface area contributed by atoms with Crippen molar-refractivity contribution in [3.63, 3.8) is 0 Å². The van der Waals surface area contributed by atoms with E-state index in [-0.39, 0.29) is 0 Å². The van der Waals surface area contributed by atoms with Gasteiger partial charge in [0.1, 0.15) is 5.65 Å². The van der Waals surface area contributed by atoms with Crippen LogP contribution in [0, 0.1) is 6.92 Å². The molecule has 3 rings (SSSR count). The van der Waals surface area contributed by atoms with E-state index in [9.17, 15) is 13.2 Å². The Labute approximate surface area is 119 Å². The number of rotatable bonds is 2. The van der Waals surface area contributed by atoms with Gasteiger partial charge in [0, 0.05) is 18.3 Å². The van der Waals surface area contributed by atoms with Gasteiger partial charge in [-0.2, -0.15) is 13.2 Å². The Balaban J connectivity index is 1.93. The fourth-order valence-corrected chi connectivity index (χ4v) is 2.35. The molecule has 0 unspecified atom stereocenters. The molecule has 0 saturated carbocycles. The van der Waals surface area contributed by atoms with Crippen molar-refractivity contribution < 1.29 is 13.2 Å². The van der Waals surface area contributed by atoms with Gasteiger partial charge in [-0.15, -0.1) is 0 Å². The topological polar surface area (TPSA) is 17.3 Å². The maximum atomic E-state index is 12.7. The SMILES string of the molecule is Cc1cccc2nc(Cc3cccc(C(F)(F)F)c3)cn12. The smallest absolute Gasteiger partial charge is 0.304 e. The highest BCUT2D eigenvalue weighted by atomic mass is 19.4. The Morgan fingerprint density at radius 1 is 1.10 bits per heavy atom. The van der Waals surface area contributed by atoms with Crippen LogP contribution in [0.5, 0.6) is 0 Å². The Morgan fingerprint density at radius 3 is 2.57 bits per heavy atom. The Morgan fingerprint density at radius 2 is 1.86 bits per heavy atom. The summed E-state index contributed by atoms with van der Waals surface area (Å²) in [6.45, 7) is 1.96. The average Bonchev–Trinajstić information content (AvgIpc) is 2.82. The van der Waals surface area contributed by atoms with Gasteiger partial charge in [-0.3, -0.25) is 0 Å². The zero-order valence-corrected chi connectivity index (χ0v) is 11.4. The van der Waals surface area contributed by atoms with Gasteiger partial charge in [0.2, 0.25) is 0 Å². The number of imidazole rings is 1. The summed E-state index contributed by atoms with van der Waals surface area (Å²) in [5.74, 6) is 0. The highest BCUT2D eigenvalue weighted by Gasteiger charge is 2.30. The summed E-state index contributed by atoms with van der Waals surface area (Å²) in [4.78, 5) is 4.44. The lowest BCUT2D eigenvalue weighted by molar-refractivity contribution is -0.137. The molecular formula is C16H13F3N2. The van der Waals surface area contributed by atoms with Crippen LogP contribution in [0.15, 0.2) is 48.7 Å². The zero-order valence-electron chi connectivity index (χ0n) is 11.4. The highest BCUT2D eigenvalue weighted by molar-refractivity contribution is 5.42. The Bertz CT molecular complexity index is 788. The van der Waals surface area contributed by atoms with Crippen LogP contribution in [0.1, 0.15) is 22.5 Å². The minimum atomic E-state index is -4.31. The molecule has 2 aromatic heterocycles. The second-order valence-electron chi connectivity index (χ2n) is 5.00. The molecule has 0 N–H and O–H groups in total. The lowest BCUT2D eigenvalue weighted by Gasteiger charge is -2.07. The standard InChI is InChI=1S/C16H13F3N2/c1-11-4-2-7-15-20-14(10-21(11)15)9-12-5-3-6-13(8-12)16(17,18)19/h2-8,10H,9H2,1H3. The summed E-state index contributed by atoms with van der Waals surface area (Å²) in [6.07, 6.45) is -2.07. The summed E-state index contributed by atoms with van der Waals surface area (Å²) in [7, 11) is 0. The van der Waals surface area contributed by atoms with Crippen molar-refractivity contribution in [3.8, 4) is 0 Å². The second kappa shape index (κ2) is 4.91. The third-order valence-corrected chi connectivity index (χ3v) is 3.39. The number of halogens is 3. The van der Waals surface area contributed by atoms with E-state index >= 15 is 0 Å². The molecule has 0 spiro atoms. The first-order valence-corrected chi connectivity index (χ1v) is 6.53. The van der Waals surface area contributed by atoms with E-state index in [1.807, 2.05) is 35.7 Å². The molecular weight excluding hydrogens is 277 g/mol. The fraction of sp³-hybridized carbons (Fsp3) is 0.188. The van der Waals surface area contributed by atoms with Crippen LogP contribution in [-0.4, -0.2) is 9.38 Å². The van der Waals surface area contributed by atoms with Crippen LogP contribution in [0.25, 0.3) is 5.65 Å². The van der Waals surface area contributed by atoms with Crippen LogP contribution in [0.3, 0.4) is 0 Å². The van der Waals surface area contributed by atoms with Crippen LogP contribution in [0.2, 0.25) is 0 Å². The summed E-state index contributed by atoms with van der Waals surface area (Å²) in [5.41, 5.74) is 2.57. The van der Waals surface area contributed by atoms with Gasteiger partial charge in [0.25, 0.3) is 0 Å². The van der Waals surface area contributed by atoms with Crippen molar-refractivity contribution in [1.82, 2.24) is 9.38 Å². The molecule has 0 aliphatic heterocycles. The number of pyridine rings is 1. The van der Waals surface area contributed by atoms with E-state index in [1.54, 1.807) is 6.07 Å². The molecule has 3 aromatic rings. The third-order valence-electron chi connectivity index (χ3n) is 3.39. The molecule has 0 fully saturated rings. The van der Waals surface area contributed by atoms with Crippen LogP contribution in [-0.2, 0) is 12.6 Å². The van der Waals surface area contributed by atoms with E-state index < -0.39 is 11.7 Å². The Kier molecular flexibility index (Phi) is 3.20. The van der Waals surface area contributed by atoms with Gasteiger partial charge in [-0.1, -0.05) is 24.3 Å². The molecule has 0 amide bonds. The molecule has 0 bridgehead atoms. The minimum Gasteiger partial charge on any atom is -0.304 e. The molecule has 0 saturated heterocycles. The number of benzene rings is 1. The maximum absolute atomic E-state index is 12.7. The third kappa shape index (κ3) is 2.77. The number of hydrogen-bond acceptors (Lipinski definition) is 1. The molecule has 2 heterocycles. The first-order valence-electron chi connectivity index (χ1n) is 6.53. The Hall–Kier alpha value is -2.30. The predicted octanol–water partition coefficient (Wildman–Crippen LogP) is 4.25. The van der Waals surface area contributed by atoms with E-state index in [0.717, 1.165) is 23.1 Å². The molecule has 2 nitrogen and oxygen atoms in total. The summed E-state index contributed by atoms with van der Waals surface area (Å²) in [5, 5.41) is 0. The number of aryl methyl sites for hydroxylation is 1. The number of hydrogen-bond donors (Lipinski definition) is 0. The van der Waals surface area contributed by atoms with Crippen molar-refractivity contribution in [1.29, 1.82) is 0 Å². The largest absolute Gasteiger partial charge is 0.416 e. The van der Waals surface area contributed by atoms with Crippen molar-refractivity contribution >= 4 is 5.65 Å². The molecule has 0 atom stereocenters. The first kappa shape index (κ1) is 13.7. The van der Waals surface area contributed by atoms with E-state index in [2.05, 4.69) is 4.98 Å². The normalized spacial score (nSPS) is 12.0. The fourth-order valence-electron chi connectivity index (χ4n) is 2.35. The monoisotopic (exact) mass is 290 g/mol. The van der Waals surface area contributed by atoms with Gasteiger partial charge in [-0.25, -0.2) is 4.98 Å². The molecule has 5 heteroatoms. The quantitative estimate of drug-likeness (QED) is 0.689. The molecule has 21 heavy (non-hydrogen) atoms. The van der Waals surface area contributed by atoms with Gasteiger partial charge in [0.15, 0.2) is 0 Å². The number of fused-ring (bicyclic) bond motifs is 1. The molecule has 1 aromatic carbocycles. The zero-order chi connectivity index (χ0) is 15.0. The van der Waals surface area contributed by atoms with Crippen molar-refractivity contribution in [2.45, 2.75) is 19.5 Å². The van der Waals surface area contributed by atoms with Gasteiger partial charge in [-0.05, 0) is 30.7 Å². The van der Waals surface area contributed by atoms with Crippen molar-refractivity contribution in [2.75, 3.05) is 0 Å². The number of nitrogens with zero attached hydrogens (tertiary/aromatic N) is 2. The van der Waals surface area contributed by atoms with E-state index in [1.165, 1.54) is 12.1 Å². The number of aromatic nitrogens is 2. The summed E-state index contributed by atoms with van der Waals surface area (Å²) >= 11 is 0. The predicted molar refractivity (Wildman–Crippen MR) is 74.2 cm³/mol. The minimum absolute atomic E-state index is 0.380. The molecule has 108 valence electrons. The molecule has 0 aliphatic rings. The lowest BCUT2D eigenvalue weighted by Crippen LogP contribution is -2.05. The highest BCUT2D eigenvalue weighted by Crippen LogP contribution is 2.29. The second-order valence-corrected chi connectivity index (χ2v) is 5.00. The van der Waals surface area contributed by atoms with E-state index in [4.69, 9.17) is 0 Å². The van der Waals surface area contributed by atoms with E-state index in [0.29, 0.717) is 12.0 Å². The summed E-state index contributed by atoms with van der Waals surface area (Å²) in [6, 6.07) is 11.1. The first-order chi connectivity index (χ1) is 9.93. The van der Waals surface area contributed by atoms with Crippen molar-refractivity contribution in [3.05, 3.63) is 71.2 Å². The number of alkyl halides is 3. The molecule has 0 radical (unpaired) electrons. The van der Waals surface area contributed by atoms with Gasteiger partial charge in [0.05, 0.1) is 11.3 Å². The maximum Gasteiger partial charge on any atom is 0.416 e. The molecule has 0 aliphatic carbocycles. The lowest BCUT2D eigenvalue weighted by atomic mass is 10.1. The van der Waals surface area contributed by atoms with Crippen LogP contribution < -0.4 is 0 Å². The van der Waals surface area contributed by atoms with Crippen LogP contribution in [0.4, 0.5) is 13.2 Å². The van der Waals surface area contributed by atoms with Crippen molar-refractivity contribution in [2.24, 2.45) is 0 Å². The summed E-state index contributed by atoms with van der Waals surface area (Å²) < 4.78 is 40.1.